The van der Waals surface area contributed by atoms with Gasteiger partial charge in [0.05, 0.1) is 5.56 Å². The largest absolute Gasteiger partial charge is 0.478 e. The maximum absolute atomic E-state index is 11.8. The summed E-state index contributed by atoms with van der Waals surface area (Å²) in [5.74, 6) is -0.580. The molecule has 0 fully saturated rings. The fourth-order valence-corrected chi connectivity index (χ4v) is 3.20. The summed E-state index contributed by atoms with van der Waals surface area (Å²) in [7, 11) is 1.80. The Morgan fingerprint density at radius 3 is 2.58 bits per heavy atom. The minimum Gasteiger partial charge on any atom is -0.478 e. The first kappa shape index (κ1) is 15.9. The van der Waals surface area contributed by atoms with Crippen LogP contribution in [-0.4, -0.2) is 18.1 Å². The molecule has 4 rings (SSSR count). The molecule has 2 aromatic rings. The highest BCUT2D eigenvalue weighted by molar-refractivity contribution is 6.07. The van der Waals surface area contributed by atoms with Crippen LogP contribution < -0.4 is 10.7 Å². The normalized spacial score (nSPS) is 11.0. The van der Waals surface area contributed by atoms with Crippen LogP contribution in [0.5, 0.6) is 0 Å². The summed E-state index contributed by atoms with van der Waals surface area (Å²) >= 11 is 0. The number of rotatable bonds is 3. The van der Waals surface area contributed by atoms with Crippen LogP contribution >= 0.6 is 0 Å². The second kappa shape index (κ2) is 6.04. The van der Waals surface area contributed by atoms with E-state index >= 15 is 0 Å². The van der Waals surface area contributed by atoms with E-state index in [1.54, 1.807) is 37.4 Å². The van der Waals surface area contributed by atoms with Gasteiger partial charge in [-0.15, -0.1) is 0 Å². The Kier molecular flexibility index (Phi) is 3.69. The van der Waals surface area contributed by atoms with Gasteiger partial charge in [0.25, 0.3) is 0 Å². The van der Waals surface area contributed by atoms with Crippen LogP contribution in [0.2, 0.25) is 0 Å². The van der Waals surface area contributed by atoms with Crippen molar-refractivity contribution in [2.45, 2.75) is 0 Å². The van der Waals surface area contributed by atoms with Crippen molar-refractivity contribution < 1.29 is 14.3 Å². The molecule has 0 radical (unpaired) electrons. The Hall–Kier alpha value is -3.60. The van der Waals surface area contributed by atoms with E-state index in [9.17, 15) is 14.7 Å². The summed E-state index contributed by atoms with van der Waals surface area (Å²) in [5, 5.41) is 13.4. The molecule has 0 amide bonds. The number of carboxylic acid groups (broad SMARTS) is 1. The topological polar surface area (TPSA) is 79.5 Å². The van der Waals surface area contributed by atoms with Gasteiger partial charge in [0.15, 0.2) is 5.43 Å². The van der Waals surface area contributed by atoms with Crippen molar-refractivity contribution in [3.63, 3.8) is 0 Å². The van der Waals surface area contributed by atoms with E-state index in [4.69, 9.17) is 4.42 Å². The van der Waals surface area contributed by atoms with Crippen LogP contribution in [0.15, 0.2) is 69.9 Å². The monoisotopic (exact) mass is 345 g/mol. The number of hydrogen-bond acceptors (Lipinski definition) is 4. The van der Waals surface area contributed by atoms with Crippen molar-refractivity contribution in [1.82, 2.24) is 0 Å². The Balaban J connectivity index is 2.19. The van der Waals surface area contributed by atoms with Gasteiger partial charge in [0, 0.05) is 41.4 Å². The molecule has 2 aliphatic rings. The summed E-state index contributed by atoms with van der Waals surface area (Å²) in [4.78, 5) is 23.5. The quantitative estimate of drug-likeness (QED) is 0.541. The number of carboxylic acids is 1. The Morgan fingerprint density at radius 1 is 1.00 bits per heavy atom. The molecule has 0 saturated heterocycles. The number of fused-ring (bicyclic) bond motifs is 2. The van der Waals surface area contributed by atoms with Crippen LogP contribution in [0, 0.1) is 0 Å². The predicted molar refractivity (Wildman–Crippen MR) is 101 cm³/mol. The molecular weight excluding hydrogens is 330 g/mol. The van der Waals surface area contributed by atoms with Crippen molar-refractivity contribution in [2.75, 3.05) is 12.4 Å². The van der Waals surface area contributed by atoms with Gasteiger partial charge < -0.3 is 14.8 Å². The van der Waals surface area contributed by atoms with E-state index in [1.807, 2.05) is 18.2 Å². The first-order chi connectivity index (χ1) is 12.6. The lowest BCUT2D eigenvalue weighted by molar-refractivity contribution is 0.0697. The third kappa shape index (κ3) is 2.50. The molecule has 2 N–H and O–H groups in total. The third-order valence-electron chi connectivity index (χ3n) is 4.41. The zero-order chi connectivity index (χ0) is 18.3. The number of hydrogen-bond donors (Lipinski definition) is 2. The molecule has 0 aromatic heterocycles. The average Bonchev–Trinajstić information content (AvgIpc) is 2.65. The molecular formula is C21H15NO4. The number of benzene rings is 3. The number of carbonyl (C=O) groups is 1. The van der Waals surface area contributed by atoms with Gasteiger partial charge in [-0.05, 0) is 35.9 Å². The fourth-order valence-electron chi connectivity index (χ4n) is 3.20. The van der Waals surface area contributed by atoms with Crippen LogP contribution in [0.1, 0.15) is 10.4 Å². The maximum Gasteiger partial charge on any atom is 0.336 e. The van der Waals surface area contributed by atoms with Crippen molar-refractivity contribution in [3.8, 4) is 22.5 Å². The molecule has 0 atom stereocenters. The second-order valence-electron chi connectivity index (χ2n) is 5.95. The number of nitrogens with one attached hydrogen (secondary N) is 1. The van der Waals surface area contributed by atoms with Crippen molar-refractivity contribution in [2.24, 2.45) is 0 Å². The molecule has 0 spiro atoms. The van der Waals surface area contributed by atoms with E-state index in [-0.39, 0.29) is 11.0 Å². The Bertz CT molecular complexity index is 1180. The van der Waals surface area contributed by atoms with Crippen LogP contribution in [-0.2, 0) is 0 Å². The minimum absolute atomic E-state index is 0.164. The molecule has 26 heavy (non-hydrogen) atoms. The standard InChI is InChI=1S/C21H15NO4/c1-22-12-6-8-16-18(10-12)26-19-11-13(23)7-9-17(19)20(16)14-4-2-3-5-15(14)21(24)25/h2-11,22H,1H3,(H,24,25). The minimum atomic E-state index is -1.00. The highest BCUT2D eigenvalue weighted by Crippen LogP contribution is 2.41. The van der Waals surface area contributed by atoms with Gasteiger partial charge in [-0.2, -0.15) is 0 Å². The highest BCUT2D eigenvalue weighted by Gasteiger charge is 2.21. The van der Waals surface area contributed by atoms with Gasteiger partial charge in [0.2, 0.25) is 0 Å². The zero-order valence-electron chi connectivity index (χ0n) is 13.9. The van der Waals surface area contributed by atoms with Crippen molar-refractivity contribution in [1.29, 1.82) is 0 Å². The van der Waals surface area contributed by atoms with Crippen LogP contribution in [0.25, 0.3) is 33.4 Å². The van der Waals surface area contributed by atoms with Crippen molar-refractivity contribution >= 4 is 22.6 Å². The lowest BCUT2D eigenvalue weighted by Crippen LogP contribution is -2.03. The second-order valence-corrected chi connectivity index (χ2v) is 5.95. The smallest absolute Gasteiger partial charge is 0.336 e. The highest BCUT2D eigenvalue weighted by atomic mass is 16.4. The van der Waals surface area contributed by atoms with Gasteiger partial charge in [-0.25, -0.2) is 4.79 Å². The lowest BCUT2D eigenvalue weighted by Gasteiger charge is -2.17. The SMILES string of the molecule is CNc1ccc2c(-c3ccccc3C(=O)O)c3ccc(=O)cc-3oc2c1. The van der Waals surface area contributed by atoms with Gasteiger partial charge in [0.1, 0.15) is 11.3 Å². The average molecular weight is 345 g/mol. The molecule has 1 aliphatic carbocycles. The van der Waals surface area contributed by atoms with Gasteiger partial charge in [-0.1, -0.05) is 18.2 Å². The van der Waals surface area contributed by atoms with Crippen molar-refractivity contribution in [3.05, 3.63) is 76.5 Å². The Morgan fingerprint density at radius 2 is 1.81 bits per heavy atom. The molecule has 128 valence electrons. The van der Waals surface area contributed by atoms with Crippen LogP contribution in [0.3, 0.4) is 0 Å². The van der Waals surface area contributed by atoms with E-state index in [0.717, 1.165) is 16.6 Å². The molecule has 0 saturated carbocycles. The zero-order valence-corrected chi connectivity index (χ0v) is 13.9. The summed E-state index contributed by atoms with van der Waals surface area (Å²) in [6.45, 7) is 0. The first-order valence-corrected chi connectivity index (χ1v) is 8.09. The summed E-state index contributed by atoms with van der Waals surface area (Å²) in [6.07, 6.45) is 0. The third-order valence-corrected chi connectivity index (χ3v) is 4.41. The fraction of sp³-hybridized carbons (Fsp3) is 0.0476. The molecule has 1 aliphatic heterocycles. The lowest BCUT2D eigenvalue weighted by atomic mass is 9.91. The molecule has 2 aromatic carbocycles. The summed E-state index contributed by atoms with van der Waals surface area (Å²) in [5.41, 5.74) is 3.49. The number of anilines is 1. The van der Waals surface area contributed by atoms with Crippen LogP contribution in [0.4, 0.5) is 5.69 Å². The van der Waals surface area contributed by atoms with E-state index in [1.165, 1.54) is 12.1 Å². The molecule has 5 heteroatoms. The number of aromatic carboxylic acids is 1. The summed E-state index contributed by atoms with van der Waals surface area (Å²) in [6, 6.07) is 17.0. The van der Waals surface area contributed by atoms with E-state index in [0.29, 0.717) is 22.5 Å². The van der Waals surface area contributed by atoms with Gasteiger partial charge in [-0.3, -0.25) is 4.79 Å². The predicted octanol–water partition coefficient (Wildman–Crippen LogP) is 4.30. The molecule has 0 unspecified atom stereocenters. The summed E-state index contributed by atoms with van der Waals surface area (Å²) < 4.78 is 5.94. The Labute approximate surface area is 148 Å². The molecule has 0 bridgehead atoms. The first-order valence-electron chi connectivity index (χ1n) is 8.09. The molecule has 1 heterocycles. The van der Waals surface area contributed by atoms with E-state index in [2.05, 4.69) is 5.32 Å². The van der Waals surface area contributed by atoms with Gasteiger partial charge >= 0.3 is 5.97 Å². The van der Waals surface area contributed by atoms with E-state index < -0.39 is 5.97 Å². The molecule has 5 nitrogen and oxygen atoms in total. The maximum atomic E-state index is 11.8.